The van der Waals surface area contributed by atoms with Gasteiger partial charge in [0.15, 0.2) is 0 Å². The van der Waals surface area contributed by atoms with E-state index in [1.165, 1.54) is 0 Å². The van der Waals surface area contributed by atoms with Crippen molar-refractivity contribution >= 4 is 0 Å². The van der Waals surface area contributed by atoms with Gasteiger partial charge in [0.2, 0.25) is 0 Å². The summed E-state index contributed by atoms with van der Waals surface area (Å²) in [5, 5.41) is 5.79. The van der Waals surface area contributed by atoms with Gasteiger partial charge in [-0.3, -0.25) is 0 Å². The van der Waals surface area contributed by atoms with Crippen molar-refractivity contribution in [2.45, 2.75) is 24.9 Å². The fourth-order valence-electron chi connectivity index (χ4n) is 1.88. The Morgan fingerprint density at radius 3 is 2.12 bits per heavy atom. The predicted molar refractivity (Wildman–Crippen MR) is 59.5 cm³/mol. The largest absolute Gasteiger partial charge is 0.494 e. The van der Waals surface area contributed by atoms with Crippen LogP contribution in [-0.2, 0) is 0 Å². The minimum absolute atomic E-state index is 0.148. The Balaban J connectivity index is 2.11. The van der Waals surface area contributed by atoms with Gasteiger partial charge >= 0.3 is 0 Å². The van der Waals surface area contributed by atoms with Crippen molar-refractivity contribution < 1.29 is 4.74 Å². The molecule has 0 spiro atoms. The molecule has 0 N–H and O–H groups in total. The zero-order valence-corrected chi connectivity index (χ0v) is 8.87. The Morgan fingerprint density at radius 2 is 1.69 bits per heavy atom. The Morgan fingerprint density at radius 1 is 1.12 bits per heavy atom. The number of hydrogen-bond donors (Lipinski definition) is 0. The third kappa shape index (κ3) is 1.80. The van der Waals surface area contributed by atoms with Gasteiger partial charge in [-0.25, -0.2) is 0 Å². The fourth-order valence-corrected chi connectivity index (χ4v) is 1.88. The second-order valence-electron chi connectivity index (χ2n) is 3.72. The molecule has 1 aliphatic rings. The van der Waals surface area contributed by atoms with Crippen LogP contribution in [0.2, 0.25) is 0 Å². The van der Waals surface area contributed by atoms with E-state index < -0.39 is 12.1 Å². The summed E-state index contributed by atoms with van der Waals surface area (Å²) in [4.78, 5) is 20.8. The first-order valence-corrected chi connectivity index (χ1v) is 5.19. The summed E-state index contributed by atoms with van der Waals surface area (Å²) in [5.41, 5.74) is 0.914. The third-order valence-corrected chi connectivity index (χ3v) is 2.76. The van der Waals surface area contributed by atoms with Gasteiger partial charge in [0, 0.05) is 5.92 Å². The first-order chi connectivity index (χ1) is 7.81. The van der Waals surface area contributed by atoms with Gasteiger partial charge < -0.3 is 4.74 Å². The molecule has 0 saturated heterocycles. The zero-order chi connectivity index (χ0) is 11.5. The number of hydrogen-bond acceptors (Lipinski definition) is 5. The molecule has 0 bridgehead atoms. The fraction of sp³-hybridized carbons (Fsp3) is 0.455. The molecule has 2 atom stereocenters. The smallest absolute Gasteiger partial charge is 0.127 e. The minimum atomic E-state index is -0.490. The molecule has 0 aromatic heterocycles. The lowest BCUT2D eigenvalue weighted by Crippen LogP contribution is -1.91. The van der Waals surface area contributed by atoms with Crippen molar-refractivity contribution in [2.24, 2.45) is 10.4 Å². The molecule has 16 heavy (non-hydrogen) atoms. The number of nitrogens with zero attached hydrogens (tertiary/aromatic N) is 2. The van der Waals surface area contributed by atoms with Crippen LogP contribution in [0.25, 0.3) is 0 Å². The second kappa shape index (κ2) is 4.38. The molecule has 5 heteroatoms. The summed E-state index contributed by atoms with van der Waals surface area (Å²) >= 11 is 0. The van der Waals surface area contributed by atoms with Crippen molar-refractivity contribution in [2.75, 3.05) is 6.61 Å². The second-order valence-corrected chi connectivity index (χ2v) is 3.72. The van der Waals surface area contributed by atoms with Gasteiger partial charge in [-0.2, -0.15) is 9.81 Å². The summed E-state index contributed by atoms with van der Waals surface area (Å²) in [6, 6.07) is 6.35. The van der Waals surface area contributed by atoms with Gasteiger partial charge in [-0.15, -0.1) is 0 Å². The highest BCUT2D eigenvalue weighted by Crippen LogP contribution is 2.46. The molecule has 0 heterocycles. The normalized spacial score (nSPS) is 27.2. The first-order valence-electron chi connectivity index (χ1n) is 5.19. The topological polar surface area (TPSA) is 68.1 Å². The molecule has 0 amide bonds. The van der Waals surface area contributed by atoms with Crippen molar-refractivity contribution in [1.82, 2.24) is 0 Å². The monoisotopic (exact) mass is 220 g/mol. The molecule has 1 aliphatic carbocycles. The quantitative estimate of drug-likeness (QED) is 0.715. The van der Waals surface area contributed by atoms with Crippen molar-refractivity contribution in [3.8, 4) is 5.75 Å². The summed E-state index contributed by atoms with van der Waals surface area (Å²) in [7, 11) is 0. The third-order valence-electron chi connectivity index (χ3n) is 2.76. The lowest BCUT2D eigenvalue weighted by Gasteiger charge is -2.03. The molecule has 1 fully saturated rings. The van der Waals surface area contributed by atoms with Gasteiger partial charge in [-0.1, -0.05) is 22.5 Å². The van der Waals surface area contributed by atoms with E-state index in [-0.39, 0.29) is 5.92 Å². The molecule has 5 nitrogen and oxygen atoms in total. The van der Waals surface area contributed by atoms with Crippen LogP contribution >= 0.6 is 0 Å². The van der Waals surface area contributed by atoms with Gasteiger partial charge in [0.05, 0.1) is 6.61 Å². The molecular weight excluding hydrogens is 208 g/mol. The van der Waals surface area contributed by atoms with E-state index in [0.29, 0.717) is 6.61 Å². The molecule has 84 valence electrons. The van der Waals surface area contributed by atoms with Crippen LogP contribution in [0.3, 0.4) is 0 Å². The van der Waals surface area contributed by atoms with E-state index in [1.807, 2.05) is 31.2 Å². The van der Waals surface area contributed by atoms with Crippen molar-refractivity contribution in [1.29, 1.82) is 0 Å². The maximum atomic E-state index is 10.4. The maximum Gasteiger partial charge on any atom is 0.127 e. The summed E-state index contributed by atoms with van der Waals surface area (Å²) < 4.78 is 5.30. The maximum absolute atomic E-state index is 10.4. The van der Waals surface area contributed by atoms with Gasteiger partial charge in [-0.05, 0) is 24.6 Å². The lowest BCUT2D eigenvalue weighted by molar-refractivity contribution is 0.340. The van der Waals surface area contributed by atoms with Crippen molar-refractivity contribution in [3.63, 3.8) is 0 Å². The van der Waals surface area contributed by atoms with E-state index in [4.69, 9.17) is 4.74 Å². The van der Waals surface area contributed by atoms with Crippen LogP contribution < -0.4 is 4.74 Å². The van der Waals surface area contributed by atoms with Gasteiger partial charge in [0.25, 0.3) is 0 Å². The molecule has 1 aromatic rings. The highest BCUT2D eigenvalue weighted by molar-refractivity contribution is 5.37. The molecular formula is C11H12N2O3. The van der Waals surface area contributed by atoms with Crippen LogP contribution in [0.4, 0.5) is 0 Å². The molecule has 1 aromatic carbocycles. The highest BCUT2D eigenvalue weighted by atomic mass is 16.5. The van der Waals surface area contributed by atoms with Crippen LogP contribution in [0.15, 0.2) is 34.6 Å². The van der Waals surface area contributed by atoms with E-state index in [1.54, 1.807) is 0 Å². The van der Waals surface area contributed by atoms with Crippen molar-refractivity contribution in [3.05, 3.63) is 39.6 Å². The van der Waals surface area contributed by atoms with Crippen LogP contribution in [-0.4, -0.2) is 18.7 Å². The molecule has 0 radical (unpaired) electrons. The molecule has 2 unspecified atom stereocenters. The number of benzene rings is 1. The average molecular weight is 220 g/mol. The van der Waals surface area contributed by atoms with Crippen LogP contribution in [0, 0.1) is 9.81 Å². The standard InChI is InChI=1S/C11H12N2O3/c1-2-16-8-5-3-7(4-6-8)9-10(12-14)11(9)13-15/h3-6,9-11H,2H2,1H3. The van der Waals surface area contributed by atoms with E-state index >= 15 is 0 Å². The molecule has 2 rings (SSSR count). The van der Waals surface area contributed by atoms with E-state index in [2.05, 4.69) is 10.4 Å². The minimum Gasteiger partial charge on any atom is -0.494 e. The Bertz CT molecular complexity index is 377. The molecule has 0 aliphatic heterocycles. The number of nitroso groups, excluding NO2 is 2. The Kier molecular flexibility index (Phi) is 2.94. The van der Waals surface area contributed by atoms with Crippen LogP contribution in [0.5, 0.6) is 5.75 Å². The Labute approximate surface area is 92.8 Å². The highest BCUT2D eigenvalue weighted by Gasteiger charge is 2.55. The Hall–Kier alpha value is -1.78. The summed E-state index contributed by atoms with van der Waals surface area (Å²) in [6.45, 7) is 2.52. The van der Waals surface area contributed by atoms with Gasteiger partial charge in [0.1, 0.15) is 17.8 Å². The zero-order valence-electron chi connectivity index (χ0n) is 8.87. The molecule has 1 saturated carbocycles. The van der Waals surface area contributed by atoms with E-state index in [9.17, 15) is 9.81 Å². The van der Waals surface area contributed by atoms with E-state index in [0.717, 1.165) is 11.3 Å². The summed E-state index contributed by atoms with van der Waals surface area (Å²) in [5.74, 6) is 0.629. The number of rotatable bonds is 5. The SMILES string of the molecule is CCOc1ccc(C2C(N=O)C2N=O)cc1. The summed E-state index contributed by atoms with van der Waals surface area (Å²) in [6.07, 6.45) is 0. The first kappa shape index (κ1) is 10.7. The predicted octanol–water partition coefficient (Wildman–Crippen LogP) is 2.45. The average Bonchev–Trinajstić information content (AvgIpc) is 3.03. The lowest BCUT2D eigenvalue weighted by atomic mass is 10.1. The number of ether oxygens (including phenoxy) is 1. The van der Waals surface area contributed by atoms with Crippen LogP contribution in [0.1, 0.15) is 18.4 Å².